The molecule has 2 N–H and O–H groups in total. The van der Waals surface area contributed by atoms with Crippen LogP contribution < -0.4 is 16.9 Å². The first kappa shape index (κ1) is 14.9. The molecule has 0 radical (unpaired) electrons. The number of fused-ring (bicyclic) bond motifs is 1. The second-order valence-electron chi connectivity index (χ2n) is 5.14. The van der Waals surface area contributed by atoms with E-state index in [4.69, 9.17) is 4.42 Å². The van der Waals surface area contributed by atoms with Crippen LogP contribution in [0.25, 0.3) is 11.1 Å². The lowest BCUT2D eigenvalue weighted by Crippen LogP contribution is -2.24. The molecule has 3 rings (SSSR count). The number of aromatic amines is 2. The third kappa shape index (κ3) is 3.40. The standard InChI is InChI=1S/C17H14N2O4/c20-13-10-12(9-5-4-8-11-6-2-1-3-7-11)14-15(21)18-17(22)19-16(14)23-13/h2,6-7,10H,1,3,5,9H2,(H2,18,19,21,22). The van der Waals surface area contributed by atoms with E-state index in [0.717, 1.165) is 18.4 Å². The molecular formula is C17H14N2O4. The third-order valence-electron chi connectivity index (χ3n) is 3.47. The van der Waals surface area contributed by atoms with Crippen molar-refractivity contribution < 1.29 is 4.42 Å². The topological polar surface area (TPSA) is 95.9 Å². The highest BCUT2D eigenvalue weighted by Crippen LogP contribution is 2.11. The zero-order valence-corrected chi connectivity index (χ0v) is 12.3. The number of hydrogen-bond acceptors (Lipinski definition) is 4. The SMILES string of the molecule is O=c1[nH]c(=O)c2c(CCC#CC3=CCCC=C3)cc(=O)oc2[nH]1. The number of allylic oxidation sites excluding steroid dienone is 4. The predicted octanol–water partition coefficient (Wildman–Crippen LogP) is 1.38. The van der Waals surface area contributed by atoms with Crippen LogP contribution in [0.5, 0.6) is 0 Å². The summed E-state index contributed by atoms with van der Waals surface area (Å²) in [5, 5.41) is 0.183. The van der Waals surface area contributed by atoms with E-state index in [-0.39, 0.29) is 11.1 Å². The summed E-state index contributed by atoms with van der Waals surface area (Å²) >= 11 is 0. The highest BCUT2D eigenvalue weighted by molar-refractivity contribution is 5.75. The fraction of sp³-hybridized carbons (Fsp3) is 0.235. The van der Waals surface area contributed by atoms with Crippen molar-refractivity contribution >= 4 is 11.1 Å². The van der Waals surface area contributed by atoms with Gasteiger partial charge >= 0.3 is 11.3 Å². The van der Waals surface area contributed by atoms with Gasteiger partial charge in [-0.1, -0.05) is 30.1 Å². The van der Waals surface area contributed by atoms with Crippen molar-refractivity contribution in [3.8, 4) is 11.8 Å². The Labute approximate surface area is 130 Å². The van der Waals surface area contributed by atoms with E-state index in [0.29, 0.717) is 18.4 Å². The number of aromatic nitrogens is 2. The maximum Gasteiger partial charge on any atom is 0.337 e. The number of aryl methyl sites for hydroxylation is 1. The van der Waals surface area contributed by atoms with Crippen molar-refractivity contribution in [1.82, 2.24) is 9.97 Å². The van der Waals surface area contributed by atoms with Gasteiger partial charge in [0.1, 0.15) is 5.39 Å². The van der Waals surface area contributed by atoms with Gasteiger partial charge in [0, 0.05) is 18.1 Å². The largest absolute Gasteiger partial charge is 0.405 e. The van der Waals surface area contributed by atoms with Gasteiger partial charge in [-0.2, -0.15) is 0 Å². The van der Waals surface area contributed by atoms with E-state index >= 15 is 0 Å². The number of H-pyrrole nitrogens is 2. The van der Waals surface area contributed by atoms with Crippen molar-refractivity contribution in [2.24, 2.45) is 0 Å². The van der Waals surface area contributed by atoms with Crippen molar-refractivity contribution in [2.45, 2.75) is 25.7 Å². The van der Waals surface area contributed by atoms with Crippen LogP contribution in [0.3, 0.4) is 0 Å². The molecule has 0 bridgehead atoms. The summed E-state index contributed by atoms with van der Waals surface area (Å²) in [5.74, 6) is 6.09. The maximum absolute atomic E-state index is 11.9. The summed E-state index contributed by atoms with van der Waals surface area (Å²) in [7, 11) is 0. The van der Waals surface area contributed by atoms with Crippen LogP contribution in [0.15, 0.2) is 48.7 Å². The minimum absolute atomic E-state index is 0.105. The first-order valence-electron chi connectivity index (χ1n) is 7.28. The quantitative estimate of drug-likeness (QED) is 0.819. The molecule has 1 aliphatic carbocycles. The highest BCUT2D eigenvalue weighted by Gasteiger charge is 2.10. The number of hydrogen-bond donors (Lipinski definition) is 2. The molecule has 2 aromatic heterocycles. The Kier molecular flexibility index (Phi) is 4.11. The Morgan fingerprint density at radius 2 is 2.04 bits per heavy atom. The number of rotatable bonds is 2. The first-order valence-corrected chi connectivity index (χ1v) is 7.28. The third-order valence-corrected chi connectivity index (χ3v) is 3.47. The molecule has 0 aliphatic heterocycles. The van der Waals surface area contributed by atoms with Crippen molar-refractivity contribution in [1.29, 1.82) is 0 Å². The second-order valence-corrected chi connectivity index (χ2v) is 5.14. The molecule has 0 amide bonds. The lowest BCUT2D eigenvalue weighted by Gasteiger charge is -2.01. The molecule has 0 aromatic carbocycles. The molecule has 2 aromatic rings. The van der Waals surface area contributed by atoms with E-state index in [1.54, 1.807) is 0 Å². The fourth-order valence-electron chi connectivity index (χ4n) is 2.44. The first-order chi connectivity index (χ1) is 11.1. The van der Waals surface area contributed by atoms with Crippen LogP contribution in [-0.2, 0) is 6.42 Å². The molecule has 116 valence electrons. The van der Waals surface area contributed by atoms with Crippen LogP contribution >= 0.6 is 0 Å². The average Bonchev–Trinajstić information content (AvgIpc) is 2.51. The summed E-state index contributed by atoms with van der Waals surface area (Å²) in [5.41, 5.74) is -0.508. The normalized spacial score (nSPS) is 13.5. The van der Waals surface area contributed by atoms with Gasteiger partial charge in [-0.05, 0) is 24.8 Å². The molecule has 6 nitrogen and oxygen atoms in total. The zero-order valence-electron chi connectivity index (χ0n) is 12.3. The average molecular weight is 310 g/mol. The molecule has 1 aliphatic rings. The van der Waals surface area contributed by atoms with E-state index in [1.165, 1.54) is 6.07 Å². The second kappa shape index (κ2) is 6.36. The van der Waals surface area contributed by atoms with Gasteiger partial charge in [-0.25, -0.2) is 9.59 Å². The van der Waals surface area contributed by atoms with Gasteiger partial charge in [-0.3, -0.25) is 14.8 Å². The fourth-order valence-corrected chi connectivity index (χ4v) is 2.44. The summed E-state index contributed by atoms with van der Waals surface area (Å²) < 4.78 is 4.88. The lowest BCUT2D eigenvalue weighted by atomic mass is 10.1. The minimum Gasteiger partial charge on any atom is -0.405 e. The monoisotopic (exact) mass is 310 g/mol. The minimum atomic E-state index is -0.710. The summed E-state index contributed by atoms with van der Waals surface area (Å²) in [6.45, 7) is 0. The van der Waals surface area contributed by atoms with Crippen LogP contribution in [0.4, 0.5) is 0 Å². The predicted molar refractivity (Wildman–Crippen MR) is 86.3 cm³/mol. The molecular weight excluding hydrogens is 296 g/mol. The number of nitrogens with one attached hydrogen (secondary N) is 2. The lowest BCUT2D eigenvalue weighted by molar-refractivity contribution is 0.544. The van der Waals surface area contributed by atoms with Gasteiger partial charge in [-0.15, -0.1) is 0 Å². The smallest absolute Gasteiger partial charge is 0.337 e. The highest BCUT2D eigenvalue weighted by atomic mass is 16.4. The van der Waals surface area contributed by atoms with Crippen LogP contribution in [0.1, 0.15) is 24.8 Å². The Balaban J connectivity index is 1.89. The Bertz CT molecular complexity index is 1030. The molecule has 6 heteroatoms. The van der Waals surface area contributed by atoms with E-state index in [2.05, 4.69) is 34.0 Å². The van der Waals surface area contributed by atoms with Gasteiger partial charge in [0.15, 0.2) is 0 Å². The van der Waals surface area contributed by atoms with Crippen molar-refractivity contribution in [3.05, 3.63) is 66.7 Å². The summed E-state index contributed by atoms with van der Waals surface area (Å²) in [6.07, 6.45) is 9.08. The molecule has 23 heavy (non-hydrogen) atoms. The molecule has 0 spiro atoms. The Hall–Kier alpha value is -3.07. The van der Waals surface area contributed by atoms with Crippen molar-refractivity contribution in [3.63, 3.8) is 0 Å². The zero-order chi connectivity index (χ0) is 16.2. The van der Waals surface area contributed by atoms with Gasteiger partial charge < -0.3 is 4.42 Å². The van der Waals surface area contributed by atoms with Crippen LogP contribution in [0, 0.1) is 11.8 Å². The van der Waals surface area contributed by atoms with Crippen molar-refractivity contribution in [2.75, 3.05) is 0 Å². The molecule has 0 atom stereocenters. The molecule has 0 fully saturated rings. The van der Waals surface area contributed by atoms with E-state index in [1.807, 2.05) is 6.08 Å². The van der Waals surface area contributed by atoms with Gasteiger partial charge in [0.2, 0.25) is 5.71 Å². The molecule has 0 saturated heterocycles. The maximum atomic E-state index is 11.9. The van der Waals surface area contributed by atoms with E-state index in [9.17, 15) is 14.4 Å². The van der Waals surface area contributed by atoms with E-state index < -0.39 is 16.9 Å². The Morgan fingerprint density at radius 1 is 1.17 bits per heavy atom. The molecule has 2 heterocycles. The summed E-state index contributed by atoms with van der Waals surface area (Å²) in [6, 6.07) is 1.26. The molecule has 0 unspecified atom stereocenters. The van der Waals surface area contributed by atoms with Crippen LogP contribution in [-0.4, -0.2) is 9.97 Å². The molecule has 0 saturated carbocycles. The van der Waals surface area contributed by atoms with Gasteiger partial charge in [0.25, 0.3) is 5.56 Å². The summed E-state index contributed by atoms with van der Waals surface area (Å²) in [4.78, 5) is 39.2. The van der Waals surface area contributed by atoms with Crippen LogP contribution in [0.2, 0.25) is 0 Å². The van der Waals surface area contributed by atoms with Gasteiger partial charge in [0.05, 0.1) is 0 Å². The Morgan fingerprint density at radius 3 is 2.83 bits per heavy atom.